The van der Waals surface area contributed by atoms with Crippen molar-refractivity contribution in [2.75, 3.05) is 25.6 Å². The van der Waals surface area contributed by atoms with E-state index < -0.39 is 109 Å². The van der Waals surface area contributed by atoms with Gasteiger partial charge < -0.3 is 47.4 Å². The molecule has 5 atom stereocenters. The number of hydrogen-bond donors (Lipinski definition) is 8. The predicted octanol–water partition coefficient (Wildman–Crippen LogP) is -0.0218. The van der Waals surface area contributed by atoms with E-state index in [1.807, 2.05) is 20.1 Å². The lowest BCUT2D eigenvalue weighted by Crippen LogP contribution is -2.59. The number of rotatable bonds is 26. The van der Waals surface area contributed by atoms with Crippen LogP contribution in [0.2, 0.25) is 0 Å². The Labute approximate surface area is 347 Å². The Morgan fingerprint density at radius 3 is 1.75 bits per heavy atom. The van der Waals surface area contributed by atoms with E-state index >= 15 is 0 Å². The summed E-state index contributed by atoms with van der Waals surface area (Å²) in [5, 5.41) is 30.9. The van der Waals surface area contributed by atoms with Gasteiger partial charge in [-0.25, -0.2) is 0 Å². The summed E-state index contributed by atoms with van der Waals surface area (Å²) < 4.78 is 0. The summed E-state index contributed by atoms with van der Waals surface area (Å²) in [5.74, 6) is -7.74. The number of carboxylic acid groups (broad SMARTS) is 2. The highest BCUT2D eigenvalue weighted by molar-refractivity contribution is 7.98. The molecule has 322 valence electrons. The lowest BCUT2D eigenvalue weighted by atomic mass is 10.0. The number of likely N-dealkylation sites (N-methyl/N-ethyl adjacent to an activating group) is 1. The number of aliphatic carboxylic acids is 2. The van der Waals surface area contributed by atoms with Crippen molar-refractivity contribution in [1.82, 2.24) is 31.5 Å². The topological polar surface area (TPSA) is 283 Å². The summed E-state index contributed by atoms with van der Waals surface area (Å²) in [6.45, 7) is 3.09. The second-order valence-corrected chi connectivity index (χ2v) is 15.2. The maximum Gasteiger partial charge on any atom is 0.305 e. The average molecular weight is 842 g/mol. The molecule has 0 bridgehead atoms. The number of carbonyl (C=O) groups excluding carboxylic acids is 7. The van der Waals surface area contributed by atoms with Crippen molar-refractivity contribution in [3.8, 4) is 0 Å². The highest BCUT2D eigenvalue weighted by Crippen LogP contribution is 2.14. The molecular weight excluding hydrogens is 787 g/mol. The SMILES string of the molecule is CSCC[C@H](NC(=O)[C@H](CC(C)C)NC(=O)CNC(=O)[C@H](Cc1ccccc1)N(C)C(=O)[C@H](Cc1ccccc1)NC(=O)[C@H](CC(=O)O)NC(=O)CCC(=O)O)C(N)=O. The zero-order valence-electron chi connectivity index (χ0n) is 33.6. The number of amides is 7. The summed E-state index contributed by atoms with van der Waals surface area (Å²) >= 11 is 1.47. The van der Waals surface area contributed by atoms with Gasteiger partial charge in [-0.05, 0) is 41.9 Å². The molecule has 59 heavy (non-hydrogen) atoms. The van der Waals surface area contributed by atoms with Gasteiger partial charge in [-0.2, -0.15) is 11.8 Å². The zero-order chi connectivity index (χ0) is 44.1. The Kier molecular flexibility index (Phi) is 21.2. The van der Waals surface area contributed by atoms with Crippen LogP contribution in [-0.2, 0) is 56.0 Å². The quantitative estimate of drug-likeness (QED) is 0.0621. The molecule has 9 N–H and O–H groups in total. The van der Waals surface area contributed by atoms with Crippen LogP contribution in [0.4, 0.5) is 0 Å². The van der Waals surface area contributed by atoms with Gasteiger partial charge in [-0.15, -0.1) is 0 Å². The smallest absolute Gasteiger partial charge is 0.305 e. The van der Waals surface area contributed by atoms with Crippen molar-refractivity contribution in [1.29, 1.82) is 0 Å². The molecule has 19 heteroatoms. The van der Waals surface area contributed by atoms with Gasteiger partial charge in [0.2, 0.25) is 41.4 Å². The minimum atomic E-state index is -1.68. The van der Waals surface area contributed by atoms with Crippen molar-refractivity contribution in [2.24, 2.45) is 11.7 Å². The van der Waals surface area contributed by atoms with Crippen LogP contribution in [0.1, 0.15) is 57.1 Å². The molecule has 0 aliphatic heterocycles. The number of nitrogens with one attached hydrogen (secondary N) is 5. The number of nitrogens with zero attached hydrogens (tertiary/aromatic N) is 1. The standard InChI is InChI=1S/C40H55N7O11S/c1-24(2)19-28(37(55)45-27(36(41)54)17-18-59-4)44-33(49)23-42-39(57)31(21-26-13-9-6-10-14-26)47(3)40(58)30(20-25-11-7-5-8-12-25)46-38(56)29(22-35(52)53)43-32(48)15-16-34(50)51/h5-14,24,27-31H,15-23H2,1-4H3,(H2,41,54)(H,42,57)(H,43,48)(H,44,49)(H,45,55)(H,46,56)(H,50,51)(H,52,53)/t27-,28-,29-,30-,31-/m0/s1. The van der Waals surface area contributed by atoms with Gasteiger partial charge in [0.15, 0.2) is 0 Å². The van der Waals surface area contributed by atoms with E-state index in [2.05, 4.69) is 26.6 Å². The maximum absolute atomic E-state index is 14.3. The van der Waals surface area contributed by atoms with Crippen molar-refractivity contribution in [3.63, 3.8) is 0 Å². The molecule has 0 heterocycles. The number of primary amides is 1. The molecule has 0 saturated heterocycles. The van der Waals surface area contributed by atoms with Crippen LogP contribution in [-0.4, -0.2) is 124 Å². The van der Waals surface area contributed by atoms with Crippen LogP contribution in [0.3, 0.4) is 0 Å². The third-order valence-corrected chi connectivity index (χ3v) is 9.58. The normalized spacial score (nSPS) is 13.4. The number of carbonyl (C=O) groups is 9. The van der Waals surface area contributed by atoms with Crippen LogP contribution in [0, 0.1) is 5.92 Å². The molecule has 2 rings (SSSR count). The minimum absolute atomic E-state index is 0.0350. The first-order chi connectivity index (χ1) is 27.9. The first kappa shape index (κ1) is 49.2. The largest absolute Gasteiger partial charge is 0.481 e. The zero-order valence-corrected chi connectivity index (χ0v) is 34.4. The average Bonchev–Trinajstić information content (AvgIpc) is 3.18. The first-order valence-corrected chi connectivity index (χ1v) is 20.3. The van der Waals surface area contributed by atoms with Gasteiger partial charge in [0, 0.05) is 26.3 Å². The second-order valence-electron chi connectivity index (χ2n) is 14.2. The molecule has 0 unspecified atom stereocenters. The van der Waals surface area contributed by atoms with Gasteiger partial charge in [0.1, 0.15) is 30.2 Å². The highest BCUT2D eigenvalue weighted by Gasteiger charge is 2.35. The van der Waals surface area contributed by atoms with E-state index in [4.69, 9.17) is 10.8 Å². The number of carboxylic acids is 2. The molecular formula is C40H55N7O11S. The predicted molar refractivity (Wildman–Crippen MR) is 218 cm³/mol. The minimum Gasteiger partial charge on any atom is -0.481 e. The Balaban J connectivity index is 2.36. The first-order valence-electron chi connectivity index (χ1n) is 18.9. The molecule has 2 aromatic carbocycles. The fourth-order valence-electron chi connectivity index (χ4n) is 5.86. The molecule has 0 fully saturated rings. The monoisotopic (exact) mass is 841 g/mol. The van der Waals surface area contributed by atoms with Gasteiger partial charge >= 0.3 is 11.9 Å². The van der Waals surface area contributed by atoms with Gasteiger partial charge in [-0.1, -0.05) is 74.5 Å². The summed E-state index contributed by atoms with van der Waals surface area (Å²) in [7, 11) is 1.33. The maximum atomic E-state index is 14.3. The van der Waals surface area contributed by atoms with E-state index in [1.54, 1.807) is 60.7 Å². The molecule has 18 nitrogen and oxygen atoms in total. The number of hydrogen-bond acceptors (Lipinski definition) is 10. The molecule has 0 aliphatic carbocycles. The van der Waals surface area contributed by atoms with Crippen molar-refractivity contribution < 1.29 is 53.4 Å². The number of thioether (sulfide) groups is 1. The summed E-state index contributed by atoms with van der Waals surface area (Å²) in [6.07, 6.45) is 0.224. The Bertz CT molecular complexity index is 1760. The van der Waals surface area contributed by atoms with Crippen LogP contribution in [0.5, 0.6) is 0 Å². The molecule has 0 spiro atoms. The third kappa shape index (κ3) is 18.4. The summed E-state index contributed by atoms with van der Waals surface area (Å²) in [4.78, 5) is 116. The lowest BCUT2D eigenvalue weighted by molar-refractivity contribution is -0.144. The van der Waals surface area contributed by atoms with Crippen LogP contribution in [0.15, 0.2) is 60.7 Å². The van der Waals surface area contributed by atoms with Crippen molar-refractivity contribution in [3.05, 3.63) is 71.8 Å². The molecule has 0 radical (unpaired) electrons. The van der Waals surface area contributed by atoms with E-state index in [-0.39, 0.29) is 25.2 Å². The molecule has 0 aliphatic rings. The van der Waals surface area contributed by atoms with E-state index in [9.17, 15) is 48.3 Å². The molecule has 0 saturated carbocycles. The molecule has 2 aromatic rings. The fourth-order valence-corrected chi connectivity index (χ4v) is 6.33. The van der Waals surface area contributed by atoms with Crippen LogP contribution >= 0.6 is 11.8 Å². The summed E-state index contributed by atoms with van der Waals surface area (Å²) in [6, 6.07) is 10.8. The molecule has 0 aromatic heterocycles. The fraction of sp³-hybridized carbons (Fsp3) is 0.475. The summed E-state index contributed by atoms with van der Waals surface area (Å²) in [5.41, 5.74) is 6.72. The Morgan fingerprint density at radius 1 is 0.678 bits per heavy atom. The van der Waals surface area contributed by atoms with E-state index in [1.165, 1.54) is 18.8 Å². The van der Waals surface area contributed by atoms with E-state index in [0.29, 0.717) is 23.3 Å². The van der Waals surface area contributed by atoms with Gasteiger partial charge in [-0.3, -0.25) is 43.2 Å². The number of nitrogens with two attached hydrogens (primary N) is 1. The second kappa shape index (κ2) is 25.4. The Morgan fingerprint density at radius 2 is 1.22 bits per heavy atom. The Hall–Kier alpha value is -5.98. The van der Waals surface area contributed by atoms with Crippen LogP contribution in [0.25, 0.3) is 0 Å². The number of benzene rings is 2. The molecule has 7 amide bonds. The van der Waals surface area contributed by atoms with Crippen molar-refractivity contribution in [2.45, 2.75) is 89.0 Å². The highest BCUT2D eigenvalue weighted by atomic mass is 32.2. The van der Waals surface area contributed by atoms with E-state index in [0.717, 1.165) is 4.90 Å². The van der Waals surface area contributed by atoms with Gasteiger partial charge in [0.05, 0.1) is 19.4 Å². The third-order valence-electron chi connectivity index (χ3n) is 8.94. The van der Waals surface area contributed by atoms with Crippen LogP contribution < -0.4 is 32.3 Å². The van der Waals surface area contributed by atoms with Crippen molar-refractivity contribution >= 4 is 65.1 Å². The lowest BCUT2D eigenvalue weighted by Gasteiger charge is -2.32. The van der Waals surface area contributed by atoms with Gasteiger partial charge in [0.25, 0.3) is 0 Å².